The smallest absolute Gasteiger partial charge is 0.251 e. The normalized spacial score (nSPS) is 17.4. The standard InChI is InChI=1S/C26H31N3O2S/c1-3-4-5-6-7-10-15-32-26(20-11-8-9-12-23(20)29-25(26)31)21-17-28-22-14-13-18(16-19(21)22)24(30)27-2/h8-9,11-14,16-17,28H,3-7,10,15H2,1-2H3,(H,27,30)(H,29,31). The van der Waals surface area contributed by atoms with Crippen molar-refractivity contribution >= 4 is 40.2 Å². The lowest BCUT2D eigenvalue weighted by Gasteiger charge is -2.27. The molecule has 0 saturated heterocycles. The van der Waals surface area contributed by atoms with Gasteiger partial charge in [0, 0.05) is 46.5 Å². The van der Waals surface area contributed by atoms with Crippen LogP contribution in [-0.4, -0.2) is 29.6 Å². The number of para-hydroxylation sites is 1. The van der Waals surface area contributed by atoms with E-state index in [1.807, 2.05) is 42.6 Å². The minimum Gasteiger partial charge on any atom is -0.361 e. The molecule has 0 saturated carbocycles. The van der Waals surface area contributed by atoms with Gasteiger partial charge in [0.05, 0.1) is 0 Å². The van der Waals surface area contributed by atoms with Crippen LogP contribution < -0.4 is 10.6 Å². The number of hydrogen-bond acceptors (Lipinski definition) is 3. The van der Waals surface area contributed by atoms with E-state index >= 15 is 0 Å². The second-order valence-electron chi connectivity index (χ2n) is 8.34. The van der Waals surface area contributed by atoms with E-state index in [-0.39, 0.29) is 11.8 Å². The molecule has 2 amide bonds. The van der Waals surface area contributed by atoms with Crippen LogP contribution in [0.4, 0.5) is 5.69 Å². The molecular formula is C26H31N3O2S. The minimum absolute atomic E-state index is 0.0130. The topological polar surface area (TPSA) is 74.0 Å². The highest BCUT2D eigenvalue weighted by molar-refractivity contribution is 8.01. The number of fused-ring (bicyclic) bond motifs is 2. The van der Waals surface area contributed by atoms with E-state index in [2.05, 4.69) is 22.5 Å². The fraction of sp³-hybridized carbons (Fsp3) is 0.385. The summed E-state index contributed by atoms with van der Waals surface area (Å²) in [5.74, 6) is 0.750. The van der Waals surface area contributed by atoms with Gasteiger partial charge in [-0.15, -0.1) is 11.8 Å². The van der Waals surface area contributed by atoms with Crippen molar-refractivity contribution in [1.29, 1.82) is 0 Å². The predicted molar refractivity (Wildman–Crippen MR) is 133 cm³/mol. The molecule has 1 aliphatic heterocycles. The molecule has 32 heavy (non-hydrogen) atoms. The number of H-pyrrole nitrogens is 1. The van der Waals surface area contributed by atoms with E-state index < -0.39 is 4.75 Å². The Morgan fingerprint density at radius 3 is 2.62 bits per heavy atom. The van der Waals surface area contributed by atoms with E-state index in [1.54, 1.807) is 24.9 Å². The first-order chi connectivity index (χ1) is 15.6. The van der Waals surface area contributed by atoms with Gasteiger partial charge in [0.1, 0.15) is 4.75 Å². The first-order valence-corrected chi connectivity index (χ1v) is 12.5. The molecule has 5 nitrogen and oxygen atoms in total. The van der Waals surface area contributed by atoms with Gasteiger partial charge in [0.25, 0.3) is 5.91 Å². The summed E-state index contributed by atoms with van der Waals surface area (Å²) in [5.41, 5.74) is 4.28. The van der Waals surface area contributed by atoms with Gasteiger partial charge in [-0.2, -0.15) is 0 Å². The van der Waals surface area contributed by atoms with Gasteiger partial charge in [0.2, 0.25) is 5.91 Å². The molecule has 0 bridgehead atoms. The lowest BCUT2D eigenvalue weighted by atomic mass is 9.90. The van der Waals surface area contributed by atoms with Crippen LogP contribution in [0.3, 0.4) is 0 Å². The zero-order valence-electron chi connectivity index (χ0n) is 18.8. The monoisotopic (exact) mass is 449 g/mol. The number of anilines is 1. The Morgan fingerprint density at radius 2 is 1.81 bits per heavy atom. The number of aromatic amines is 1. The summed E-state index contributed by atoms with van der Waals surface area (Å²) in [6, 6.07) is 13.6. The summed E-state index contributed by atoms with van der Waals surface area (Å²) in [4.78, 5) is 29.1. The first-order valence-electron chi connectivity index (χ1n) is 11.5. The molecule has 4 rings (SSSR count). The number of unbranched alkanes of at least 4 members (excludes halogenated alkanes) is 5. The number of amides is 2. The van der Waals surface area contributed by atoms with Crippen molar-refractivity contribution in [1.82, 2.24) is 10.3 Å². The molecular weight excluding hydrogens is 418 g/mol. The van der Waals surface area contributed by atoms with Crippen molar-refractivity contribution < 1.29 is 9.59 Å². The molecule has 6 heteroatoms. The van der Waals surface area contributed by atoms with E-state index in [1.165, 1.54) is 32.1 Å². The van der Waals surface area contributed by atoms with Crippen LogP contribution in [0.2, 0.25) is 0 Å². The van der Waals surface area contributed by atoms with Crippen molar-refractivity contribution in [2.24, 2.45) is 0 Å². The maximum atomic E-state index is 13.6. The van der Waals surface area contributed by atoms with E-state index in [9.17, 15) is 9.59 Å². The Labute approximate surface area is 193 Å². The molecule has 3 aromatic rings. The summed E-state index contributed by atoms with van der Waals surface area (Å²) in [6.07, 6.45) is 9.25. The predicted octanol–water partition coefficient (Wildman–Crippen LogP) is 5.82. The zero-order chi connectivity index (χ0) is 22.6. The highest BCUT2D eigenvalue weighted by atomic mass is 32.2. The van der Waals surface area contributed by atoms with Crippen LogP contribution in [0.25, 0.3) is 10.9 Å². The van der Waals surface area contributed by atoms with E-state index in [4.69, 9.17) is 0 Å². The zero-order valence-corrected chi connectivity index (χ0v) is 19.6. The van der Waals surface area contributed by atoms with Crippen LogP contribution in [0, 0.1) is 0 Å². The Kier molecular flexibility index (Phi) is 6.89. The molecule has 1 aliphatic rings. The van der Waals surface area contributed by atoms with Gasteiger partial charge < -0.3 is 15.6 Å². The van der Waals surface area contributed by atoms with Crippen LogP contribution in [0.15, 0.2) is 48.7 Å². The van der Waals surface area contributed by atoms with Gasteiger partial charge in [-0.05, 0) is 36.4 Å². The molecule has 0 radical (unpaired) electrons. The average molecular weight is 450 g/mol. The van der Waals surface area contributed by atoms with Crippen molar-refractivity contribution in [2.75, 3.05) is 18.1 Å². The number of carbonyl (C=O) groups excluding carboxylic acids is 2. The first kappa shape index (κ1) is 22.5. The van der Waals surface area contributed by atoms with Gasteiger partial charge in [0.15, 0.2) is 0 Å². The molecule has 1 aromatic heterocycles. The summed E-state index contributed by atoms with van der Waals surface area (Å²) >= 11 is 1.71. The van der Waals surface area contributed by atoms with Crippen molar-refractivity contribution in [3.8, 4) is 0 Å². The summed E-state index contributed by atoms with van der Waals surface area (Å²) < 4.78 is -0.834. The third-order valence-corrected chi connectivity index (χ3v) is 7.79. The van der Waals surface area contributed by atoms with Gasteiger partial charge in [-0.25, -0.2) is 0 Å². The number of aromatic nitrogens is 1. The molecule has 1 atom stereocenters. The van der Waals surface area contributed by atoms with Gasteiger partial charge in [-0.1, -0.05) is 57.2 Å². The molecule has 0 fully saturated rings. The maximum Gasteiger partial charge on any atom is 0.251 e. The number of hydrogen-bond donors (Lipinski definition) is 3. The fourth-order valence-corrected chi connectivity index (χ4v) is 6.02. The third-order valence-electron chi connectivity index (χ3n) is 6.24. The maximum absolute atomic E-state index is 13.6. The SMILES string of the molecule is CCCCCCCCSC1(c2c[nH]c3ccc(C(=O)NC)cc23)C(=O)Nc2ccccc21. The van der Waals surface area contributed by atoms with Crippen molar-refractivity contribution in [2.45, 2.75) is 50.2 Å². The number of rotatable bonds is 10. The lowest BCUT2D eigenvalue weighted by Crippen LogP contribution is -2.32. The Hall–Kier alpha value is -2.73. The Morgan fingerprint density at radius 1 is 1.03 bits per heavy atom. The molecule has 3 N–H and O–H groups in total. The van der Waals surface area contributed by atoms with Crippen LogP contribution >= 0.6 is 11.8 Å². The van der Waals surface area contributed by atoms with Gasteiger partial charge >= 0.3 is 0 Å². The minimum atomic E-state index is -0.834. The van der Waals surface area contributed by atoms with Crippen LogP contribution in [-0.2, 0) is 9.54 Å². The summed E-state index contributed by atoms with van der Waals surface area (Å²) in [5, 5.41) is 6.71. The van der Waals surface area contributed by atoms with Crippen LogP contribution in [0.1, 0.15) is 66.9 Å². The van der Waals surface area contributed by atoms with Crippen molar-refractivity contribution in [3.05, 3.63) is 65.4 Å². The molecule has 0 aliphatic carbocycles. The largest absolute Gasteiger partial charge is 0.361 e. The van der Waals surface area contributed by atoms with E-state index in [0.717, 1.165) is 39.9 Å². The number of nitrogens with one attached hydrogen (secondary N) is 3. The quantitative estimate of drug-likeness (QED) is 0.342. The third kappa shape index (κ3) is 4.04. The average Bonchev–Trinajstić information content (AvgIpc) is 3.36. The highest BCUT2D eigenvalue weighted by Crippen LogP contribution is 2.52. The van der Waals surface area contributed by atoms with Crippen molar-refractivity contribution in [3.63, 3.8) is 0 Å². The molecule has 2 heterocycles. The second kappa shape index (κ2) is 9.82. The number of benzene rings is 2. The molecule has 1 unspecified atom stereocenters. The Bertz CT molecular complexity index is 1120. The molecule has 0 spiro atoms. The van der Waals surface area contributed by atoms with E-state index in [0.29, 0.717) is 5.56 Å². The molecule has 2 aromatic carbocycles. The van der Waals surface area contributed by atoms with Crippen LogP contribution in [0.5, 0.6) is 0 Å². The number of thioether (sulfide) groups is 1. The summed E-state index contributed by atoms with van der Waals surface area (Å²) in [6.45, 7) is 2.23. The number of carbonyl (C=O) groups is 2. The lowest BCUT2D eigenvalue weighted by molar-refractivity contribution is -0.117. The highest BCUT2D eigenvalue weighted by Gasteiger charge is 2.49. The Balaban J connectivity index is 1.71. The summed E-state index contributed by atoms with van der Waals surface area (Å²) in [7, 11) is 1.63. The second-order valence-corrected chi connectivity index (χ2v) is 9.65. The fourth-order valence-electron chi connectivity index (χ4n) is 4.53. The van der Waals surface area contributed by atoms with Gasteiger partial charge in [-0.3, -0.25) is 9.59 Å². The molecule has 168 valence electrons.